The highest BCUT2D eigenvalue weighted by atomic mass is 79.9. The van der Waals surface area contributed by atoms with Crippen LogP contribution < -0.4 is 10.6 Å². The van der Waals surface area contributed by atoms with Gasteiger partial charge in [-0.15, -0.1) is 0 Å². The van der Waals surface area contributed by atoms with Crippen LogP contribution in [0.25, 0.3) is 0 Å². The minimum absolute atomic E-state index is 0.0136. The van der Waals surface area contributed by atoms with Crippen LogP contribution in [0.5, 0.6) is 0 Å². The van der Waals surface area contributed by atoms with Gasteiger partial charge in [0.15, 0.2) is 0 Å². The van der Waals surface area contributed by atoms with Gasteiger partial charge < -0.3 is 15.4 Å². The van der Waals surface area contributed by atoms with Crippen molar-refractivity contribution >= 4 is 56.7 Å². The summed E-state index contributed by atoms with van der Waals surface area (Å²) in [5.74, 6) is -1.64. The molecule has 2 aromatic rings. The Bertz CT molecular complexity index is 1110. The quantitative estimate of drug-likeness (QED) is 0.478. The van der Waals surface area contributed by atoms with Crippen molar-refractivity contribution in [2.75, 3.05) is 10.6 Å². The number of esters is 1. The smallest absolute Gasteiger partial charge is 0.310 e. The van der Waals surface area contributed by atoms with Crippen molar-refractivity contribution in [3.05, 3.63) is 58.6 Å². The van der Waals surface area contributed by atoms with Crippen molar-refractivity contribution in [3.63, 3.8) is 0 Å². The van der Waals surface area contributed by atoms with Crippen LogP contribution in [0, 0.1) is 30.6 Å². The van der Waals surface area contributed by atoms with E-state index in [9.17, 15) is 14.4 Å². The number of rotatable bonds is 4. The van der Waals surface area contributed by atoms with E-state index in [-0.39, 0.29) is 40.6 Å². The van der Waals surface area contributed by atoms with Gasteiger partial charge in [0.1, 0.15) is 6.10 Å². The number of alkyl halides is 1. The molecule has 3 fully saturated rings. The van der Waals surface area contributed by atoms with E-state index in [4.69, 9.17) is 16.3 Å². The molecule has 5 rings (SSSR count). The van der Waals surface area contributed by atoms with Crippen LogP contribution in [0.4, 0.5) is 11.4 Å². The predicted molar refractivity (Wildman–Crippen MR) is 120 cm³/mol. The fourth-order valence-electron chi connectivity index (χ4n) is 5.27. The van der Waals surface area contributed by atoms with Gasteiger partial charge in [-0.05, 0) is 49.1 Å². The van der Waals surface area contributed by atoms with E-state index in [0.29, 0.717) is 22.0 Å². The van der Waals surface area contributed by atoms with Gasteiger partial charge in [-0.2, -0.15) is 0 Å². The molecule has 31 heavy (non-hydrogen) atoms. The lowest BCUT2D eigenvalue weighted by atomic mass is 9.79. The maximum absolute atomic E-state index is 13.2. The molecule has 2 aromatic carbocycles. The topological polar surface area (TPSA) is 84.5 Å². The lowest BCUT2D eigenvalue weighted by Crippen LogP contribution is -2.40. The first-order chi connectivity index (χ1) is 14.9. The summed E-state index contributed by atoms with van der Waals surface area (Å²) >= 11 is 9.78. The van der Waals surface area contributed by atoms with E-state index in [0.717, 1.165) is 12.0 Å². The van der Waals surface area contributed by atoms with E-state index in [1.165, 1.54) is 0 Å². The normalized spacial score (nSPS) is 30.2. The van der Waals surface area contributed by atoms with E-state index < -0.39 is 11.8 Å². The van der Waals surface area contributed by atoms with Gasteiger partial charge in [-0.1, -0.05) is 45.7 Å². The highest BCUT2D eigenvalue weighted by molar-refractivity contribution is 9.09. The molecular formula is C23H20BrClN2O4. The molecule has 6 nitrogen and oxygen atoms in total. The first-order valence-corrected chi connectivity index (χ1v) is 11.5. The summed E-state index contributed by atoms with van der Waals surface area (Å²) in [4.78, 5) is 38.5. The maximum Gasteiger partial charge on any atom is 0.310 e. The number of carbonyl (C=O) groups is 3. The number of anilines is 2. The fourth-order valence-corrected chi connectivity index (χ4v) is 6.49. The highest BCUT2D eigenvalue weighted by Gasteiger charge is 2.67. The van der Waals surface area contributed by atoms with Crippen molar-refractivity contribution in [2.45, 2.75) is 24.3 Å². The molecule has 8 heteroatoms. The first kappa shape index (κ1) is 20.5. The van der Waals surface area contributed by atoms with Gasteiger partial charge in [-0.25, -0.2) is 0 Å². The number of carbonyl (C=O) groups excluding carboxylic acids is 3. The van der Waals surface area contributed by atoms with E-state index in [1.807, 2.05) is 6.92 Å². The number of ether oxygens (including phenoxy) is 1. The molecule has 0 aromatic heterocycles. The second kappa shape index (κ2) is 7.64. The zero-order chi connectivity index (χ0) is 21.9. The summed E-state index contributed by atoms with van der Waals surface area (Å²) in [7, 11) is 0. The molecule has 6 atom stereocenters. The van der Waals surface area contributed by atoms with Crippen molar-refractivity contribution in [1.29, 1.82) is 0 Å². The molecule has 3 aliphatic rings. The number of hydrogen-bond acceptors (Lipinski definition) is 4. The van der Waals surface area contributed by atoms with Crippen LogP contribution in [0.2, 0.25) is 5.02 Å². The second-order valence-electron chi connectivity index (χ2n) is 8.36. The fraction of sp³-hybridized carbons (Fsp3) is 0.348. The largest absolute Gasteiger partial charge is 0.461 e. The number of para-hydroxylation sites is 1. The summed E-state index contributed by atoms with van der Waals surface area (Å²) in [6, 6.07) is 12.1. The molecule has 1 aliphatic heterocycles. The summed E-state index contributed by atoms with van der Waals surface area (Å²) in [5, 5.41) is 6.32. The summed E-state index contributed by atoms with van der Waals surface area (Å²) in [6.07, 6.45) is 0.663. The zero-order valence-electron chi connectivity index (χ0n) is 16.6. The molecule has 0 spiro atoms. The zero-order valence-corrected chi connectivity index (χ0v) is 18.9. The average Bonchev–Trinajstić information content (AvgIpc) is 3.36. The molecule has 2 saturated carbocycles. The summed E-state index contributed by atoms with van der Waals surface area (Å²) in [5.41, 5.74) is 2.11. The van der Waals surface area contributed by atoms with Crippen LogP contribution in [0.15, 0.2) is 42.5 Å². The van der Waals surface area contributed by atoms with E-state index in [1.54, 1.807) is 42.5 Å². The van der Waals surface area contributed by atoms with Gasteiger partial charge in [0, 0.05) is 16.6 Å². The molecule has 2 N–H and O–H groups in total. The van der Waals surface area contributed by atoms with Crippen LogP contribution in [0.1, 0.15) is 22.3 Å². The minimum Gasteiger partial charge on any atom is -0.461 e. The Balaban J connectivity index is 1.38. The molecule has 2 amide bonds. The van der Waals surface area contributed by atoms with Gasteiger partial charge in [0.05, 0.1) is 27.9 Å². The summed E-state index contributed by atoms with van der Waals surface area (Å²) < 4.78 is 5.49. The Kier molecular flexibility index (Phi) is 5.06. The monoisotopic (exact) mass is 502 g/mol. The Labute approximate surface area is 192 Å². The van der Waals surface area contributed by atoms with E-state index >= 15 is 0 Å². The Morgan fingerprint density at radius 3 is 2.61 bits per heavy atom. The first-order valence-electron chi connectivity index (χ1n) is 10.2. The average molecular weight is 504 g/mol. The lowest BCUT2D eigenvalue weighted by Gasteiger charge is -2.27. The van der Waals surface area contributed by atoms with E-state index in [2.05, 4.69) is 26.6 Å². The molecule has 160 valence electrons. The third-order valence-electron chi connectivity index (χ3n) is 6.77. The number of benzene rings is 2. The molecule has 0 radical (unpaired) electrons. The van der Waals surface area contributed by atoms with Gasteiger partial charge >= 0.3 is 5.97 Å². The third kappa shape index (κ3) is 3.26. The van der Waals surface area contributed by atoms with Gasteiger partial charge in [0.25, 0.3) is 5.91 Å². The Morgan fingerprint density at radius 2 is 1.81 bits per heavy atom. The molecule has 1 heterocycles. The van der Waals surface area contributed by atoms with Crippen molar-refractivity contribution in [2.24, 2.45) is 23.7 Å². The predicted octanol–water partition coefficient (Wildman–Crippen LogP) is 4.41. The van der Waals surface area contributed by atoms with Crippen LogP contribution >= 0.6 is 27.5 Å². The van der Waals surface area contributed by atoms with Crippen molar-refractivity contribution < 1.29 is 19.1 Å². The molecular weight excluding hydrogens is 484 g/mol. The maximum atomic E-state index is 13.2. The lowest BCUT2D eigenvalue weighted by molar-refractivity contribution is -0.145. The van der Waals surface area contributed by atoms with Crippen molar-refractivity contribution in [1.82, 2.24) is 0 Å². The van der Waals surface area contributed by atoms with Gasteiger partial charge in [0.2, 0.25) is 5.91 Å². The molecule has 1 saturated heterocycles. The van der Waals surface area contributed by atoms with Crippen LogP contribution in [-0.4, -0.2) is 28.7 Å². The van der Waals surface area contributed by atoms with Crippen molar-refractivity contribution in [3.8, 4) is 0 Å². The summed E-state index contributed by atoms with van der Waals surface area (Å²) in [6.45, 7) is 1.82. The number of amides is 2. The number of fused-ring (bicyclic) bond motifs is 1. The highest BCUT2D eigenvalue weighted by Crippen LogP contribution is 2.60. The molecule has 2 aliphatic carbocycles. The Morgan fingerprint density at radius 1 is 1.06 bits per heavy atom. The molecule has 0 unspecified atom stereocenters. The standard InChI is InChI=1S/C23H20BrClN2O4/c1-10-14(25)6-4-8-15(10)26-21(28)11-5-2-3-7-16(11)27-22(29)17-12-9-13-18(17)23(30)31-20(13)19(12)24/h2-8,12-13,17-20H,9H2,1H3,(H,26,28)(H,27,29)/t12-,13-,17-,18-,19+,20+/m1/s1. The molecule has 2 bridgehead atoms. The SMILES string of the molecule is Cc1c(Cl)cccc1NC(=O)c1ccccc1NC(=O)[C@@H]1[C@H]2C[C@H]3[C@H](OC(=O)[C@H]31)[C@H]2Br. The number of halogens is 2. The number of hydrogen-bond donors (Lipinski definition) is 2. The van der Waals surface area contributed by atoms with Crippen LogP contribution in [-0.2, 0) is 14.3 Å². The Hall–Kier alpha value is -2.38. The second-order valence-corrected chi connectivity index (χ2v) is 9.83. The minimum atomic E-state index is -0.466. The third-order valence-corrected chi connectivity index (χ3v) is 8.38. The van der Waals surface area contributed by atoms with Gasteiger partial charge in [-0.3, -0.25) is 14.4 Å². The number of nitrogens with one attached hydrogen (secondary N) is 2. The van der Waals surface area contributed by atoms with Crippen LogP contribution in [0.3, 0.4) is 0 Å².